The fourth-order valence-electron chi connectivity index (χ4n) is 1.29. The predicted molar refractivity (Wildman–Crippen MR) is 50.5 cm³/mol. The Bertz CT molecular complexity index is 399. The standard InChI is InChI=1S/C10H10N2O/c1-7(13)10-11-8-5-3-2-4-6-9(8)12-10/h2-5H,6H2,1H3,(H,11,12). The van der Waals surface area contributed by atoms with E-state index in [9.17, 15) is 4.79 Å². The number of aromatic amines is 1. The Morgan fingerprint density at radius 3 is 3.15 bits per heavy atom. The number of H-pyrrole nitrogens is 1. The third-order valence-corrected chi connectivity index (χ3v) is 1.97. The summed E-state index contributed by atoms with van der Waals surface area (Å²) < 4.78 is 0. The Morgan fingerprint density at radius 1 is 1.54 bits per heavy atom. The maximum atomic E-state index is 11.0. The molecule has 1 aliphatic carbocycles. The van der Waals surface area contributed by atoms with Crippen LogP contribution in [0.5, 0.6) is 0 Å². The second-order valence-corrected chi connectivity index (χ2v) is 3.00. The topological polar surface area (TPSA) is 45.8 Å². The molecule has 1 aliphatic rings. The summed E-state index contributed by atoms with van der Waals surface area (Å²) in [6, 6.07) is 0. The average molecular weight is 174 g/mol. The van der Waals surface area contributed by atoms with Crippen LogP contribution < -0.4 is 0 Å². The lowest BCUT2D eigenvalue weighted by Gasteiger charge is -1.89. The Morgan fingerprint density at radius 2 is 2.38 bits per heavy atom. The molecule has 3 nitrogen and oxygen atoms in total. The number of ketones is 1. The van der Waals surface area contributed by atoms with Gasteiger partial charge >= 0.3 is 0 Å². The van der Waals surface area contributed by atoms with E-state index in [1.165, 1.54) is 6.92 Å². The minimum Gasteiger partial charge on any atom is -0.339 e. The van der Waals surface area contributed by atoms with Gasteiger partial charge in [0, 0.05) is 19.0 Å². The second-order valence-electron chi connectivity index (χ2n) is 3.00. The third kappa shape index (κ3) is 1.45. The van der Waals surface area contributed by atoms with Gasteiger partial charge in [-0.2, -0.15) is 0 Å². The van der Waals surface area contributed by atoms with Crippen molar-refractivity contribution in [3.8, 4) is 0 Å². The maximum absolute atomic E-state index is 11.0. The highest BCUT2D eigenvalue weighted by molar-refractivity contribution is 5.90. The number of aromatic nitrogens is 2. The number of hydrogen-bond donors (Lipinski definition) is 1. The molecule has 2 rings (SSSR count). The van der Waals surface area contributed by atoms with Crippen LogP contribution in [0.2, 0.25) is 0 Å². The maximum Gasteiger partial charge on any atom is 0.195 e. The van der Waals surface area contributed by atoms with E-state index in [4.69, 9.17) is 0 Å². The Hall–Kier alpha value is -1.64. The Kier molecular flexibility index (Phi) is 1.85. The van der Waals surface area contributed by atoms with Crippen LogP contribution in [-0.2, 0) is 6.42 Å². The molecule has 0 aliphatic heterocycles. The quantitative estimate of drug-likeness (QED) is 0.659. The number of imidazole rings is 1. The summed E-state index contributed by atoms with van der Waals surface area (Å²) in [4.78, 5) is 18.2. The van der Waals surface area contributed by atoms with Gasteiger partial charge in [-0.05, 0) is 6.08 Å². The van der Waals surface area contributed by atoms with Crippen LogP contribution in [0.4, 0.5) is 0 Å². The zero-order valence-corrected chi connectivity index (χ0v) is 7.37. The lowest BCUT2D eigenvalue weighted by atomic mass is 10.2. The number of Topliss-reactive ketones (excluding diaryl/α,β-unsaturated/α-hetero) is 1. The van der Waals surface area contributed by atoms with Gasteiger partial charge in [-0.15, -0.1) is 0 Å². The van der Waals surface area contributed by atoms with Gasteiger partial charge in [0.25, 0.3) is 0 Å². The summed E-state index contributed by atoms with van der Waals surface area (Å²) in [5, 5.41) is 0. The van der Waals surface area contributed by atoms with Gasteiger partial charge in [-0.25, -0.2) is 4.98 Å². The summed E-state index contributed by atoms with van der Waals surface area (Å²) in [7, 11) is 0. The van der Waals surface area contributed by atoms with Gasteiger partial charge < -0.3 is 4.98 Å². The molecule has 66 valence electrons. The van der Waals surface area contributed by atoms with Crippen molar-refractivity contribution in [3.63, 3.8) is 0 Å². The molecule has 0 amide bonds. The molecule has 0 bridgehead atoms. The molecule has 0 aromatic carbocycles. The van der Waals surface area contributed by atoms with E-state index in [2.05, 4.69) is 9.97 Å². The fourth-order valence-corrected chi connectivity index (χ4v) is 1.29. The van der Waals surface area contributed by atoms with Crippen molar-refractivity contribution in [1.82, 2.24) is 9.97 Å². The van der Waals surface area contributed by atoms with Crippen LogP contribution in [0.1, 0.15) is 28.9 Å². The lowest BCUT2D eigenvalue weighted by Crippen LogP contribution is -1.94. The molecule has 1 aromatic heterocycles. The first-order chi connectivity index (χ1) is 6.27. The molecule has 0 fully saturated rings. The van der Waals surface area contributed by atoms with Gasteiger partial charge in [-0.3, -0.25) is 4.79 Å². The van der Waals surface area contributed by atoms with Crippen LogP contribution in [0.3, 0.4) is 0 Å². The summed E-state index contributed by atoms with van der Waals surface area (Å²) in [5.41, 5.74) is 1.88. The van der Waals surface area contributed by atoms with E-state index >= 15 is 0 Å². The summed E-state index contributed by atoms with van der Waals surface area (Å²) in [6.07, 6.45) is 8.65. The zero-order valence-electron chi connectivity index (χ0n) is 7.37. The van der Waals surface area contributed by atoms with E-state index in [1.807, 2.05) is 24.3 Å². The monoisotopic (exact) mass is 174 g/mol. The van der Waals surface area contributed by atoms with E-state index < -0.39 is 0 Å². The highest BCUT2D eigenvalue weighted by Crippen LogP contribution is 2.12. The number of carbonyl (C=O) groups excluding carboxylic acids is 1. The molecular formula is C10H10N2O. The third-order valence-electron chi connectivity index (χ3n) is 1.97. The number of nitrogens with one attached hydrogen (secondary N) is 1. The van der Waals surface area contributed by atoms with Gasteiger partial charge in [-0.1, -0.05) is 18.2 Å². The fraction of sp³-hybridized carbons (Fsp3) is 0.200. The molecule has 0 saturated heterocycles. The summed E-state index contributed by atoms with van der Waals surface area (Å²) in [6.45, 7) is 1.51. The molecule has 1 aromatic rings. The first-order valence-electron chi connectivity index (χ1n) is 4.20. The number of nitrogens with zero attached hydrogens (tertiary/aromatic N) is 1. The Labute approximate surface area is 76.2 Å². The molecule has 1 N–H and O–H groups in total. The molecule has 0 saturated carbocycles. The van der Waals surface area contributed by atoms with Crippen molar-refractivity contribution >= 4 is 11.9 Å². The van der Waals surface area contributed by atoms with Gasteiger partial charge in [0.05, 0.1) is 5.69 Å². The number of allylic oxidation sites excluding steroid dienone is 3. The van der Waals surface area contributed by atoms with Crippen LogP contribution in [0.25, 0.3) is 6.08 Å². The van der Waals surface area contributed by atoms with Crippen molar-refractivity contribution in [2.45, 2.75) is 13.3 Å². The number of fused-ring (bicyclic) bond motifs is 1. The number of carbonyl (C=O) groups is 1. The lowest BCUT2D eigenvalue weighted by molar-refractivity contribution is 0.100. The minimum atomic E-state index is -0.0227. The average Bonchev–Trinajstić information content (AvgIpc) is 2.38. The molecule has 0 spiro atoms. The predicted octanol–water partition coefficient (Wildman–Crippen LogP) is 1.74. The highest BCUT2D eigenvalue weighted by atomic mass is 16.1. The minimum absolute atomic E-state index is 0.0227. The van der Waals surface area contributed by atoms with Gasteiger partial charge in [0.2, 0.25) is 0 Å². The SMILES string of the molecule is CC(=O)c1nc2c([nH]1)CC=CC=C2. The smallest absolute Gasteiger partial charge is 0.195 e. The summed E-state index contributed by atoms with van der Waals surface area (Å²) >= 11 is 0. The molecule has 0 atom stereocenters. The van der Waals surface area contributed by atoms with E-state index in [0.29, 0.717) is 5.82 Å². The zero-order chi connectivity index (χ0) is 9.26. The summed E-state index contributed by atoms with van der Waals surface area (Å²) in [5.74, 6) is 0.426. The van der Waals surface area contributed by atoms with E-state index in [1.54, 1.807) is 0 Å². The first-order valence-corrected chi connectivity index (χ1v) is 4.20. The van der Waals surface area contributed by atoms with Gasteiger partial charge in [0.1, 0.15) is 0 Å². The van der Waals surface area contributed by atoms with Crippen molar-refractivity contribution < 1.29 is 4.79 Å². The number of hydrogen-bond acceptors (Lipinski definition) is 2. The molecule has 13 heavy (non-hydrogen) atoms. The largest absolute Gasteiger partial charge is 0.339 e. The van der Waals surface area contributed by atoms with Crippen molar-refractivity contribution in [3.05, 3.63) is 35.4 Å². The van der Waals surface area contributed by atoms with Crippen LogP contribution in [0, 0.1) is 0 Å². The second kappa shape index (κ2) is 3.01. The normalized spacial score (nSPS) is 13.9. The van der Waals surface area contributed by atoms with E-state index in [0.717, 1.165) is 17.8 Å². The van der Waals surface area contributed by atoms with Crippen LogP contribution >= 0.6 is 0 Å². The molecule has 0 radical (unpaired) electrons. The van der Waals surface area contributed by atoms with Crippen molar-refractivity contribution in [2.75, 3.05) is 0 Å². The van der Waals surface area contributed by atoms with Crippen LogP contribution in [-0.4, -0.2) is 15.8 Å². The Balaban J connectivity index is 2.46. The molecule has 3 heteroatoms. The van der Waals surface area contributed by atoms with Gasteiger partial charge in [0.15, 0.2) is 11.6 Å². The van der Waals surface area contributed by atoms with Crippen LogP contribution in [0.15, 0.2) is 18.2 Å². The number of rotatable bonds is 1. The molecule has 0 unspecified atom stereocenters. The first kappa shape index (κ1) is 7.98. The van der Waals surface area contributed by atoms with Crippen molar-refractivity contribution in [1.29, 1.82) is 0 Å². The molecular weight excluding hydrogens is 164 g/mol. The molecule has 1 heterocycles. The highest BCUT2D eigenvalue weighted by Gasteiger charge is 2.10. The van der Waals surface area contributed by atoms with E-state index in [-0.39, 0.29) is 5.78 Å². The van der Waals surface area contributed by atoms with Crippen molar-refractivity contribution in [2.24, 2.45) is 0 Å².